The molecule has 0 saturated heterocycles. The van der Waals surface area contributed by atoms with E-state index in [9.17, 15) is 10.2 Å². The van der Waals surface area contributed by atoms with E-state index in [0.29, 0.717) is 63.2 Å². The van der Waals surface area contributed by atoms with Crippen LogP contribution < -0.4 is 38.9 Å². The zero-order valence-electron chi connectivity index (χ0n) is 55.0. The number of nitrogens with two attached hydrogens (primary N) is 1. The maximum Gasteiger partial charge on any atom is 0.174 e. The lowest BCUT2D eigenvalue weighted by atomic mass is 10.2. The number of hydrogen-bond donors (Lipinski definition) is 6. The first-order valence-electron chi connectivity index (χ1n) is 30.8. The number of nitriles is 1. The maximum atomic E-state index is 9.37. The SMILES string of the molecule is Cc1cc(O)ccc1O.Cc1cc(O)ccc1OCCN.Cc1cc(O)ccc1OCc1ccccc1.Cc1cc(OCc2ccccc2)ccc1O.Cc1cc(OCc2ccccc2)ccc1OCC#N.Cc1cc(OCc2ccccc2)ccc1OCc1ccccc1.Cl. The van der Waals surface area contributed by atoms with Gasteiger partial charge in [-0.1, -0.05) is 152 Å². The fraction of sp³-hybridized carbons (Fsp3) is 0.173. The van der Waals surface area contributed by atoms with Crippen LogP contribution in [0.25, 0.3) is 0 Å². The zero-order chi connectivity index (χ0) is 68.0. The molecule has 0 spiro atoms. The molecule has 0 atom stereocenters. The highest BCUT2D eigenvalue weighted by atomic mass is 35.5. The summed E-state index contributed by atoms with van der Waals surface area (Å²) in [6, 6.07) is 83.6. The number of ether oxygens (including phenoxy) is 7. The first-order chi connectivity index (χ1) is 46.0. The number of aromatic hydroxyl groups is 5. The van der Waals surface area contributed by atoms with Gasteiger partial charge in [-0.05, 0) is 212 Å². The molecule has 7 N–H and O–H groups in total. The second-order valence-electron chi connectivity index (χ2n) is 21.6. The summed E-state index contributed by atoms with van der Waals surface area (Å²) in [4.78, 5) is 0. The molecule has 0 aliphatic heterocycles. The Labute approximate surface area is 570 Å². The normalized spacial score (nSPS) is 9.85. The molecule has 0 saturated carbocycles. The van der Waals surface area contributed by atoms with Crippen molar-refractivity contribution in [2.75, 3.05) is 19.8 Å². The summed E-state index contributed by atoms with van der Waals surface area (Å²) in [7, 11) is 0. The van der Waals surface area contributed by atoms with Crippen molar-refractivity contribution in [1.82, 2.24) is 0 Å². The molecule has 0 aliphatic carbocycles. The third kappa shape index (κ3) is 28.3. The van der Waals surface area contributed by atoms with Crippen LogP contribution in [0.15, 0.2) is 261 Å². The van der Waals surface area contributed by atoms with Gasteiger partial charge < -0.3 is 64.4 Å². The molecule has 96 heavy (non-hydrogen) atoms. The Balaban J connectivity index is 0.000000212. The van der Waals surface area contributed by atoms with Crippen LogP contribution in [0.2, 0.25) is 0 Å². The average molecular weight is 1310 g/mol. The van der Waals surface area contributed by atoms with Crippen molar-refractivity contribution in [1.29, 1.82) is 5.26 Å². The molecule has 498 valence electrons. The first-order valence-corrected chi connectivity index (χ1v) is 30.8. The van der Waals surface area contributed by atoms with Crippen molar-refractivity contribution >= 4 is 12.4 Å². The molecule has 15 heteroatoms. The van der Waals surface area contributed by atoms with Gasteiger partial charge >= 0.3 is 0 Å². The molecule has 14 nitrogen and oxygen atoms in total. The van der Waals surface area contributed by atoms with Crippen LogP contribution >= 0.6 is 12.4 Å². The van der Waals surface area contributed by atoms with Crippen molar-refractivity contribution < 1.29 is 58.7 Å². The quantitative estimate of drug-likeness (QED) is 0.0392. The first kappa shape index (κ1) is 75.5. The molecule has 0 unspecified atom stereocenters. The Kier molecular flexibility index (Phi) is 33.1. The van der Waals surface area contributed by atoms with Gasteiger partial charge in [-0.15, -0.1) is 12.4 Å². The predicted octanol–water partition coefficient (Wildman–Crippen LogP) is 18.1. The van der Waals surface area contributed by atoms with Gasteiger partial charge in [-0.2, -0.15) is 5.26 Å². The van der Waals surface area contributed by atoms with Gasteiger partial charge in [0.1, 0.15) is 115 Å². The summed E-state index contributed by atoms with van der Waals surface area (Å²) < 4.78 is 39.3. The third-order valence-corrected chi connectivity index (χ3v) is 13.8. The van der Waals surface area contributed by atoms with Crippen molar-refractivity contribution in [3.63, 3.8) is 0 Å². The smallest absolute Gasteiger partial charge is 0.174 e. The maximum absolute atomic E-state index is 9.37. The predicted molar refractivity (Wildman–Crippen MR) is 382 cm³/mol. The minimum atomic E-state index is 0. The monoisotopic (exact) mass is 1310 g/mol. The number of aryl methyl sites for hydroxylation is 6. The lowest BCUT2D eigenvalue weighted by Gasteiger charge is -2.12. The number of rotatable bonds is 20. The van der Waals surface area contributed by atoms with Crippen LogP contribution in [0.4, 0.5) is 0 Å². The molecule has 0 aromatic heterocycles. The van der Waals surface area contributed by atoms with E-state index in [-0.39, 0.29) is 42.0 Å². The number of halogens is 1. The van der Waals surface area contributed by atoms with Gasteiger partial charge in [0, 0.05) is 6.54 Å². The highest BCUT2D eigenvalue weighted by Gasteiger charge is 2.07. The van der Waals surface area contributed by atoms with Crippen LogP contribution in [0.5, 0.6) is 69.0 Å². The van der Waals surface area contributed by atoms with E-state index in [1.54, 1.807) is 55.5 Å². The molecule has 11 rings (SSSR count). The number of nitrogens with zero attached hydrogens (tertiary/aromatic N) is 1. The van der Waals surface area contributed by atoms with E-state index in [1.165, 1.54) is 18.2 Å². The van der Waals surface area contributed by atoms with Gasteiger partial charge in [-0.25, -0.2) is 0 Å². The minimum Gasteiger partial charge on any atom is -0.508 e. The van der Waals surface area contributed by atoms with Crippen LogP contribution in [0, 0.1) is 52.9 Å². The van der Waals surface area contributed by atoms with Crippen molar-refractivity contribution in [2.45, 2.75) is 74.6 Å². The van der Waals surface area contributed by atoms with E-state index in [0.717, 1.165) is 90.1 Å². The Morgan fingerprint density at radius 2 is 0.562 bits per heavy atom. The molecule has 11 aromatic carbocycles. The molecular formula is C81H85ClN2O12. The van der Waals surface area contributed by atoms with E-state index in [2.05, 4.69) is 24.3 Å². The number of phenolic OH excluding ortho intramolecular Hbond substituents is 5. The summed E-state index contributed by atoms with van der Waals surface area (Å²) >= 11 is 0. The number of phenols is 5. The van der Waals surface area contributed by atoms with E-state index >= 15 is 0 Å². The van der Waals surface area contributed by atoms with Crippen molar-refractivity contribution in [3.05, 3.63) is 322 Å². The molecule has 0 fully saturated rings. The summed E-state index contributed by atoms with van der Waals surface area (Å²) in [5.41, 5.74) is 16.4. The van der Waals surface area contributed by atoms with E-state index < -0.39 is 0 Å². The van der Waals surface area contributed by atoms with Gasteiger partial charge in [0.05, 0.1) is 0 Å². The molecule has 0 aliphatic rings. The Morgan fingerprint density at radius 3 is 0.865 bits per heavy atom. The second-order valence-corrected chi connectivity index (χ2v) is 21.6. The number of hydrogen-bond acceptors (Lipinski definition) is 14. The van der Waals surface area contributed by atoms with Crippen molar-refractivity contribution in [3.8, 4) is 75.1 Å². The van der Waals surface area contributed by atoms with Crippen LogP contribution in [0.1, 0.15) is 61.2 Å². The van der Waals surface area contributed by atoms with E-state index in [1.807, 2.05) is 211 Å². The molecule has 0 heterocycles. The molecule has 0 amide bonds. The van der Waals surface area contributed by atoms with Gasteiger partial charge in [0.15, 0.2) is 6.61 Å². The third-order valence-electron chi connectivity index (χ3n) is 13.8. The summed E-state index contributed by atoms with van der Waals surface area (Å²) in [6.07, 6.45) is 0. The van der Waals surface area contributed by atoms with Gasteiger partial charge in [0.2, 0.25) is 0 Å². The summed E-state index contributed by atoms with van der Waals surface area (Å²) in [6.45, 7) is 15.2. The van der Waals surface area contributed by atoms with Crippen LogP contribution in [-0.2, 0) is 33.0 Å². The van der Waals surface area contributed by atoms with Crippen molar-refractivity contribution in [2.24, 2.45) is 5.73 Å². The molecular weight excluding hydrogens is 1230 g/mol. The van der Waals surface area contributed by atoms with Gasteiger partial charge in [0.25, 0.3) is 0 Å². The highest BCUT2D eigenvalue weighted by molar-refractivity contribution is 5.85. The molecule has 0 radical (unpaired) electrons. The topological polar surface area (TPSA) is 216 Å². The Hall–Kier alpha value is -11.2. The fourth-order valence-corrected chi connectivity index (χ4v) is 8.67. The van der Waals surface area contributed by atoms with Crippen LogP contribution in [0.3, 0.4) is 0 Å². The largest absolute Gasteiger partial charge is 0.508 e. The fourth-order valence-electron chi connectivity index (χ4n) is 8.67. The highest BCUT2D eigenvalue weighted by Crippen LogP contribution is 2.28. The zero-order valence-corrected chi connectivity index (χ0v) is 55.8. The second kappa shape index (κ2) is 42.1. The molecule has 11 aromatic rings. The van der Waals surface area contributed by atoms with Gasteiger partial charge in [-0.3, -0.25) is 0 Å². The minimum absolute atomic E-state index is 0. The molecule has 0 bridgehead atoms. The Morgan fingerprint density at radius 1 is 0.302 bits per heavy atom. The van der Waals surface area contributed by atoms with E-state index in [4.69, 9.17) is 59.5 Å². The number of benzene rings is 11. The standard InChI is InChI=1S/C21H20O2.C16H15NO2.2C14H14O2.C9H13NO2.C7H8O2.ClH/c1-17-14-20(22-15-18-8-4-2-5-9-18)12-13-21(17)23-16-19-10-6-3-7-11-19;1-13-11-15(7-8-16(13)18-10-9-17)19-12-14-5-3-2-4-6-14;1-11-9-13(7-8-14(11)15)16-10-12-5-3-2-4-6-12;1-11-9-13(15)7-8-14(11)16-10-12-5-3-2-4-6-12;1-7-6-8(11)2-3-9(7)12-5-4-10;1-5-4-6(8)2-3-7(5)9;/h2-14H,15-16H2,1H3;2-8,11H,10,12H2,1H3;2*2-9,15H,10H2,1H3;2-3,6,11H,4-5,10H2,1H3;2-4,8-9H,1H3;1H. The lowest BCUT2D eigenvalue weighted by Crippen LogP contribution is -2.10. The van der Waals surface area contributed by atoms with Crippen LogP contribution in [-0.4, -0.2) is 45.3 Å². The summed E-state index contributed by atoms with van der Waals surface area (Å²) in [5, 5.41) is 54.0. The lowest BCUT2D eigenvalue weighted by molar-refractivity contribution is 0.295. The summed E-state index contributed by atoms with van der Waals surface area (Å²) in [5.74, 6) is 6.85. The Bertz CT molecular complexity index is 4050. The average Bonchev–Trinajstić information content (AvgIpc) is 1.40.